The van der Waals surface area contributed by atoms with E-state index in [-0.39, 0.29) is 12.0 Å². The molecule has 0 saturated carbocycles. The van der Waals surface area contributed by atoms with Gasteiger partial charge in [-0.05, 0) is 43.0 Å². The van der Waals surface area contributed by atoms with E-state index in [2.05, 4.69) is 11.9 Å². The Morgan fingerprint density at radius 2 is 2.14 bits per heavy atom. The zero-order chi connectivity index (χ0) is 15.7. The van der Waals surface area contributed by atoms with Crippen molar-refractivity contribution < 1.29 is 8.42 Å². The van der Waals surface area contributed by atoms with E-state index < -0.39 is 10.0 Å². The summed E-state index contributed by atoms with van der Waals surface area (Å²) in [5, 5.41) is 0.666. The van der Waals surface area contributed by atoms with Gasteiger partial charge in [0.2, 0.25) is 10.0 Å². The van der Waals surface area contributed by atoms with Crippen LogP contribution in [0.4, 0.5) is 0 Å². The molecule has 2 N–H and O–H groups in total. The molecule has 1 fully saturated rings. The third-order valence-corrected chi connectivity index (χ3v) is 6.48. The predicted octanol–water partition coefficient (Wildman–Crippen LogP) is 1.98. The summed E-state index contributed by atoms with van der Waals surface area (Å²) in [6, 6.07) is 8.67. The van der Waals surface area contributed by atoms with E-state index in [1.54, 1.807) is 34.8 Å². The van der Waals surface area contributed by atoms with Crippen LogP contribution in [-0.4, -0.2) is 36.8 Å². The van der Waals surface area contributed by atoms with Gasteiger partial charge in [0.15, 0.2) is 0 Å². The smallest absolute Gasteiger partial charge is 0.244 e. The molecule has 6 heteroatoms. The van der Waals surface area contributed by atoms with Crippen LogP contribution in [-0.2, 0) is 10.0 Å². The number of rotatable bonds is 3. The van der Waals surface area contributed by atoms with E-state index in [0.717, 1.165) is 12.8 Å². The molecule has 1 saturated heterocycles. The van der Waals surface area contributed by atoms with Gasteiger partial charge >= 0.3 is 0 Å². The van der Waals surface area contributed by atoms with E-state index >= 15 is 0 Å². The van der Waals surface area contributed by atoms with Gasteiger partial charge in [0.05, 0.1) is 10.4 Å². The van der Waals surface area contributed by atoms with Crippen molar-refractivity contribution in [3.8, 4) is 0 Å². The van der Waals surface area contributed by atoms with Gasteiger partial charge in [-0.3, -0.25) is 4.98 Å². The number of pyridine rings is 1. The molecular formula is C16H21N3O2S. The second kappa shape index (κ2) is 5.95. The zero-order valence-corrected chi connectivity index (χ0v) is 13.5. The van der Waals surface area contributed by atoms with Crippen LogP contribution in [0.2, 0.25) is 0 Å². The molecule has 2 aromatic rings. The highest BCUT2D eigenvalue weighted by Crippen LogP contribution is 2.31. The minimum Gasteiger partial charge on any atom is -0.329 e. The molecule has 118 valence electrons. The molecule has 2 atom stereocenters. The second-order valence-corrected chi connectivity index (χ2v) is 7.72. The Bertz CT molecular complexity index is 771. The molecule has 0 bridgehead atoms. The highest BCUT2D eigenvalue weighted by Gasteiger charge is 2.37. The molecule has 0 spiro atoms. The topological polar surface area (TPSA) is 76.3 Å². The Hall–Kier alpha value is -1.50. The van der Waals surface area contributed by atoms with Gasteiger partial charge in [-0.25, -0.2) is 8.42 Å². The highest BCUT2D eigenvalue weighted by atomic mass is 32.2. The van der Waals surface area contributed by atoms with Crippen molar-refractivity contribution in [2.45, 2.75) is 30.7 Å². The van der Waals surface area contributed by atoms with Gasteiger partial charge in [0.1, 0.15) is 0 Å². The third kappa shape index (κ3) is 2.51. The summed E-state index contributed by atoms with van der Waals surface area (Å²) in [5.74, 6) is 0.279. The Morgan fingerprint density at radius 1 is 1.32 bits per heavy atom. The maximum Gasteiger partial charge on any atom is 0.244 e. The number of nitrogens with zero attached hydrogens (tertiary/aromatic N) is 2. The second-order valence-electron chi connectivity index (χ2n) is 5.86. The molecule has 3 rings (SSSR count). The van der Waals surface area contributed by atoms with Crippen LogP contribution in [0.3, 0.4) is 0 Å². The van der Waals surface area contributed by atoms with Crippen LogP contribution >= 0.6 is 0 Å². The lowest BCUT2D eigenvalue weighted by molar-refractivity contribution is 0.192. The molecule has 2 heterocycles. The lowest BCUT2D eigenvalue weighted by Crippen LogP contribution is -2.51. The van der Waals surface area contributed by atoms with Crippen LogP contribution in [0.25, 0.3) is 10.9 Å². The van der Waals surface area contributed by atoms with Crippen LogP contribution in [0.1, 0.15) is 19.8 Å². The normalized spacial score (nSPS) is 23.7. The van der Waals surface area contributed by atoms with Crippen LogP contribution < -0.4 is 5.73 Å². The first-order chi connectivity index (χ1) is 10.6. The van der Waals surface area contributed by atoms with Crippen molar-refractivity contribution in [1.82, 2.24) is 9.29 Å². The van der Waals surface area contributed by atoms with Crippen molar-refractivity contribution in [1.29, 1.82) is 0 Å². The SMILES string of the molecule is CC1CCCN(S(=O)(=O)c2cccc3ncccc23)C1CN. The number of hydrogen-bond donors (Lipinski definition) is 1. The molecular weight excluding hydrogens is 298 g/mol. The fourth-order valence-corrected chi connectivity index (χ4v) is 5.26. The number of sulfonamides is 1. The molecule has 2 unspecified atom stereocenters. The lowest BCUT2D eigenvalue weighted by Gasteiger charge is -2.38. The summed E-state index contributed by atoms with van der Waals surface area (Å²) in [6.45, 7) is 2.96. The summed E-state index contributed by atoms with van der Waals surface area (Å²) in [7, 11) is -3.57. The summed E-state index contributed by atoms with van der Waals surface area (Å²) >= 11 is 0. The molecule has 0 aliphatic carbocycles. The average Bonchev–Trinajstić information content (AvgIpc) is 2.54. The first-order valence-electron chi connectivity index (χ1n) is 7.61. The van der Waals surface area contributed by atoms with Crippen molar-refractivity contribution >= 4 is 20.9 Å². The van der Waals surface area contributed by atoms with Gasteiger partial charge in [-0.2, -0.15) is 4.31 Å². The van der Waals surface area contributed by atoms with Crippen molar-refractivity contribution in [3.63, 3.8) is 0 Å². The largest absolute Gasteiger partial charge is 0.329 e. The maximum atomic E-state index is 13.2. The van der Waals surface area contributed by atoms with Crippen LogP contribution in [0, 0.1) is 5.92 Å². The molecule has 0 amide bonds. The Kier molecular flexibility index (Phi) is 4.16. The molecule has 22 heavy (non-hydrogen) atoms. The van der Waals surface area contributed by atoms with Crippen molar-refractivity contribution in [3.05, 3.63) is 36.5 Å². The first-order valence-corrected chi connectivity index (χ1v) is 9.05. The number of fused-ring (bicyclic) bond motifs is 1. The maximum absolute atomic E-state index is 13.2. The minimum atomic E-state index is -3.57. The van der Waals surface area contributed by atoms with Gasteiger partial charge < -0.3 is 5.73 Å². The fraction of sp³-hybridized carbons (Fsp3) is 0.438. The van der Waals surface area contributed by atoms with Crippen LogP contribution in [0.15, 0.2) is 41.4 Å². The van der Waals surface area contributed by atoms with Crippen molar-refractivity contribution in [2.24, 2.45) is 11.7 Å². The average molecular weight is 319 g/mol. The summed E-state index contributed by atoms with van der Waals surface area (Å²) in [4.78, 5) is 4.57. The highest BCUT2D eigenvalue weighted by molar-refractivity contribution is 7.89. The molecule has 1 aliphatic rings. The van der Waals surface area contributed by atoms with E-state index in [9.17, 15) is 8.42 Å². The van der Waals surface area contributed by atoms with E-state index in [4.69, 9.17) is 5.73 Å². The van der Waals surface area contributed by atoms with Gasteiger partial charge in [-0.15, -0.1) is 0 Å². The lowest BCUT2D eigenvalue weighted by atomic mass is 9.93. The quantitative estimate of drug-likeness (QED) is 0.938. The van der Waals surface area contributed by atoms with Gasteiger partial charge in [0, 0.05) is 30.7 Å². The van der Waals surface area contributed by atoms with Crippen molar-refractivity contribution in [2.75, 3.05) is 13.1 Å². The zero-order valence-electron chi connectivity index (χ0n) is 12.6. The van der Waals surface area contributed by atoms with E-state index in [1.807, 2.05) is 6.07 Å². The predicted molar refractivity (Wildman–Crippen MR) is 86.9 cm³/mol. The molecule has 0 radical (unpaired) electrons. The molecule has 1 aliphatic heterocycles. The Morgan fingerprint density at radius 3 is 2.91 bits per heavy atom. The monoisotopic (exact) mass is 319 g/mol. The number of hydrogen-bond acceptors (Lipinski definition) is 4. The van der Waals surface area contributed by atoms with Crippen LogP contribution in [0.5, 0.6) is 0 Å². The molecule has 1 aromatic heterocycles. The summed E-state index contributed by atoms with van der Waals surface area (Å²) < 4.78 is 27.9. The first kappa shape index (κ1) is 15.4. The Balaban J connectivity index is 2.12. The number of benzene rings is 1. The van der Waals surface area contributed by atoms with E-state index in [1.165, 1.54) is 0 Å². The summed E-state index contributed by atoms with van der Waals surface area (Å²) in [6.07, 6.45) is 3.56. The van der Waals surface area contributed by atoms with Gasteiger partial charge in [0.25, 0.3) is 0 Å². The molecule has 1 aromatic carbocycles. The summed E-state index contributed by atoms with van der Waals surface area (Å²) in [5.41, 5.74) is 6.55. The number of piperidine rings is 1. The van der Waals surface area contributed by atoms with Gasteiger partial charge in [-0.1, -0.05) is 13.0 Å². The number of aromatic nitrogens is 1. The minimum absolute atomic E-state index is 0.134. The Labute approximate surface area is 131 Å². The fourth-order valence-electron chi connectivity index (χ4n) is 3.29. The molecule has 5 nitrogen and oxygen atoms in total. The number of nitrogens with two attached hydrogens (primary N) is 1. The standard InChI is InChI=1S/C16H21N3O2S/c1-12-5-4-10-19(15(12)11-17)22(20,21)16-8-2-7-14-13(16)6-3-9-18-14/h2-3,6-9,12,15H,4-5,10-11,17H2,1H3. The van der Waals surface area contributed by atoms with E-state index in [0.29, 0.717) is 28.9 Å². The third-order valence-electron chi connectivity index (χ3n) is 4.50.